The number of hydrogen-bond acceptors (Lipinski definition) is 2. The third-order valence-electron chi connectivity index (χ3n) is 1.95. The number of anilines is 1. The summed E-state index contributed by atoms with van der Waals surface area (Å²) in [6.07, 6.45) is 0.328. The Morgan fingerprint density at radius 2 is 2.23 bits per heavy atom. The first-order chi connectivity index (χ1) is 6.16. The number of H-pyrrole nitrogens is 2. The number of carbonyl (C=O) groups is 1. The van der Waals surface area contributed by atoms with E-state index in [0.29, 0.717) is 18.8 Å². The van der Waals surface area contributed by atoms with Crippen molar-refractivity contribution in [3.63, 3.8) is 0 Å². The number of aromatic nitrogens is 2. The number of hydrogen-bond donors (Lipinski definition) is 2. The zero-order valence-electron chi connectivity index (χ0n) is 6.71. The Hall–Kier alpha value is -1.23. The monoisotopic (exact) mass is 201 g/mol. The highest BCUT2D eigenvalue weighted by atomic mass is 35.5. The maximum Gasteiger partial charge on any atom is 0.266 e. The maximum atomic E-state index is 11.3. The van der Waals surface area contributed by atoms with Gasteiger partial charge in [0.2, 0.25) is 5.91 Å². The van der Waals surface area contributed by atoms with E-state index in [1.165, 1.54) is 11.0 Å². The van der Waals surface area contributed by atoms with Gasteiger partial charge in [-0.15, -0.1) is 11.6 Å². The van der Waals surface area contributed by atoms with Crippen LogP contribution in [0, 0.1) is 0 Å². The van der Waals surface area contributed by atoms with Crippen LogP contribution in [0.1, 0.15) is 6.42 Å². The summed E-state index contributed by atoms with van der Waals surface area (Å²) in [4.78, 5) is 23.5. The van der Waals surface area contributed by atoms with Gasteiger partial charge in [-0.05, 0) is 0 Å². The SMILES string of the molecule is O=C1CC(Cl)CN1c1cc(=O)[nH][nH]1. The van der Waals surface area contributed by atoms with Gasteiger partial charge in [-0.1, -0.05) is 0 Å². The highest BCUT2D eigenvalue weighted by molar-refractivity contribution is 6.24. The van der Waals surface area contributed by atoms with Crippen molar-refractivity contribution in [3.05, 3.63) is 16.4 Å². The number of halogens is 1. The summed E-state index contributed by atoms with van der Waals surface area (Å²) < 4.78 is 0. The molecular weight excluding hydrogens is 194 g/mol. The molecule has 2 rings (SSSR count). The summed E-state index contributed by atoms with van der Waals surface area (Å²) in [6, 6.07) is 1.34. The first-order valence-electron chi connectivity index (χ1n) is 3.89. The van der Waals surface area contributed by atoms with Gasteiger partial charge >= 0.3 is 0 Å². The normalized spacial score (nSPS) is 22.7. The molecule has 13 heavy (non-hydrogen) atoms. The molecule has 70 valence electrons. The molecule has 1 aliphatic heterocycles. The molecular formula is C7H8ClN3O2. The van der Waals surface area contributed by atoms with Crippen LogP contribution < -0.4 is 10.5 Å². The second kappa shape index (κ2) is 2.92. The molecule has 1 atom stereocenters. The first-order valence-corrected chi connectivity index (χ1v) is 4.32. The van der Waals surface area contributed by atoms with Crippen LogP contribution in [0.5, 0.6) is 0 Å². The molecule has 0 spiro atoms. The molecule has 0 bridgehead atoms. The van der Waals surface area contributed by atoms with Gasteiger partial charge in [0.15, 0.2) is 0 Å². The van der Waals surface area contributed by atoms with E-state index in [1.54, 1.807) is 0 Å². The van der Waals surface area contributed by atoms with Crippen LogP contribution in [-0.2, 0) is 4.79 Å². The first kappa shape index (κ1) is 8.37. The molecule has 1 aromatic rings. The minimum atomic E-state index is -0.249. The Kier molecular flexibility index (Phi) is 1.88. The second-order valence-corrected chi connectivity index (χ2v) is 3.57. The fourth-order valence-corrected chi connectivity index (χ4v) is 1.63. The molecule has 0 aliphatic carbocycles. The van der Waals surface area contributed by atoms with Crippen molar-refractivity contribution in [2.45, 2.75) is 11.8 Å². The molecule has 1 fully saturated rings. The van der Waals surface area contributed by atoms with Crippen molar-refractivity contribution in [2.24, 2.45) is 0 Å². The number of aromatic amines is 2. The highest BCUT2D eigenvalue weighted by Crippen LogP contribution is 2.20. The van der Waals surface area contributed by atoms with Crippen LogP contribution in [0.15, 0.2) is 10.9 Å². The van der Waals surface area contributed by atoms with Crippen molar-refractivity contribution in [2.75, 3.05) is 11.4 Å². The van der Waals surface area contributed by atoms with Crippen LogP contribution in [0.25, 0.3) is 0 Å². The van der Waals surface area contributed by atoms with Gasteiger partial charge in [0.1, 0.15) is 5.82 Å². The fourth-order valence-electron chi connectivity index (χ4n) is 1.36. The molecule has 0 radical (unpaired) electrons. The number of carbonyl (C=O) groups excluding carboxylic acids is 1. The van der Waals surface area contributed by atoms with E-state index in [0.717, 1.165) is 0 Å². The summed E-state index contributed by atoms with van der Waals surface area (Å²) in [7, 11) is 0. The van der Waals surface area contributed by atoms with Crippen molar-refractivity contribution < 1.29 is 4.79 Å². The summed E-state index contributed by atoms with van der Waals surface area (Å²) >= 11 is 5.79. The molecule has 1 aromatic heterocycles. The molecule has 1 amide bonds. The van der Waals surface area contributed by atoms with Gasteiger partial charge in [0.05, 0.1) is 5.38 Å². The number of alkyl halides is 1. The van der Waals surface area contributed by atoms with Crippen molar-refractivity contribution in [3.8, 4) is 0 Å². The topological polar surface area (TPSA) is 69.0 Å². The molecule has 1 unspecified atom stereocenters. The average Bonchev–Trinajstić information content (AvgIpc) is 2.58. The van der Waals surface area contributed by atoms with E-state index in [-0.39, 0.29) is 16.8 Å². The molecule has 1 aliphatic rings. The van der Waals surface area contributed by atoms with E-state index in [2.05, 4.69) is 10.2 Å². The standard InChI is InChI=1S/C7H8ClN3O2/c8-4-1-7(13)11(3-4)5-2-6(12)10-9-5/h2,4H,1,3H2,(H2,9,10,12). The summed E-state index contributed by atoms with van der Waals surface area (Å²) in [5, 5.41) is 4.81. The van der Waals surface area contributed by atoms with Crippen LogP contribution in [0.2, 0.25) is 0 Å². The van der Waals surface area contributed by atoms with Crippen LogP contribution in [0.4, 0.5) is 5.82 Å². The van der Waals surface area contributed by atoms with Gasteiger partial charge in [0, 0.05) is 19.0 Å². The smallest absolute Gasteiger partial charge is 0.266 e. The Morgan fingerprint density at radius 3 is 2.69 bits per heavy atom. The minimum absolute atomic E-state index is 0.0600. The predicted octanol–water partition coefficient (Wildman–Crippen LogP) is 0.0471. The van der Waals surface area contributed by atoms with E-state index in [1.807, 2.05) is 0 Å². The van der Waals surface area contributed by atoms with Crippen LogP contribution in [-0.4, -0.2) is 28.0 Å². The van der Waals surface area contributed by atoms with E-state index >= 15 is 0 Å². The number of rotatable bonds is 1. The molecule has 0 aromatic carbocycles. The van der Waals surface area contributed by atoms with Crippen molar-refractivity contribution >= 4 is 23.3 Å². The Balaban J connectivity index is 2.27. The molecule has 2 heterocycles. The Labute approximate surface area is 78.7 Å². The van der Waals surface area contributed by atoms with Gasteiger partial charge < -0.3 is 0 Å². The third-order valence-corrected chi connectivity index (χ3v) is 2.24. The maximum absolute atomic E-state index is 11.3. The molecule has 6 heteroatoms. The summed E-state index contributed by atoms with van der Waals surface area (Å²) in [6.45, 7) is 0.453. The zero-order valence-corrected chi connectivity index (χ0v) is 7.47. The quantitative estimate of drug-likeness (QED) is 0.631. The number of nitrogens with one attached hydrogen (secondary N) is 2. The van der Waals surface area contributed by atoms with Gasteiger partial charge in [-0.2, -0.15) is 0 Å². The minimum Gasteiger partial charge on any atom is -0.296 e. The van der Waals surface area contributed by atoms with Gasteiger partial charge in [0.25, 0.3) is 5.56 Å². The van der Waals surface area contributed by atoms with Crippen LogP contribution in [0.3, 0.4) is 0 Å². The lowest BCUT2D eigenvalue weighted by Crippen LogP contribution is -2.24. The Morgan fingerprint density at radius 1 is 1.46 bits per heavy atom. The highest BCUT2D eigenvalue weighted by Gasteiger charge is 2.29. The lowest BCUT2D eigenvalue weighted by Gasteiger charge is -2.11. The van der Waals surface area contributed by atoms with Crippen molar-refractivity contribution in [1.82, 2.24) is 10.2 Å². The summed E-state index contributed by atoms with van der Waals surface area (Å²) in [5.41, 5.74) is -0.249. The third kappa shape index (κ3) is 1.47. The molecule has 0 saturated carbocycles. The zero-order chi connectivity index (χ0) is 9.42. The lowest BCUT2D eigenvalue weighted by molar-refractivity contribution is -0.117. The Bertz CT molecular complexity index is 383. The average molecular weight is 202 g/mol. The molecule has 1 saturated heterocycles. The van der Waals surface area contributed by atoms with Crippen molar-refractivity contribution in [1.29, 1.82) is 0 Å². The lowest BCUT2D eigenvalue weighted by atomic mass is 10.4. The van der Waals surface area contributed by atoms with Gasteiger partial charge in [-0.3, -0.25) is 24.7 Å². The fraction of sp³-hybridized carbons (Fsp3) is 0.429. The largest absolute Gasteiger partial charge is 0.296 e. The predicted molar refractivity (Wildman–Crippen MR) is 48.0 cm³/mol. The molecule has 5 nitrogen and oxygen atoms in total. The van der Waals surface area contributed by atoms with E-state index in [9.17, 15) is 9.59 Å². The van der Waals surface area contributed by atoms with Gasteiger partial charge in [-0.25, -0.2) is 0 Å². The second-order valence-electron chi connectivity index (χ2n) is 2.95. The number of nitrogens with zero attached hydrogens (tertiary/aromatic N) is 1. The van der Waals surface area contributed by atoms with E-state index < -0.39 is 0 Å². The summed E-state index contributed by atoms with van der Waals surface area (Å²) in [5.74, 6) is 0.424. The van der Waals surface area contributed by atoms with Crippen LogP contribution >= 0.6 is 11.6 Å². The molecule has 2 N–H and O–H groups in total. The number of amides is 1. The van der Waals surface area contributed by atoms with E-state index in [4.69, 9.17) is 11.6 Å².